The van der Waals surface area contributed by atoms with Crippen molar-refractivity contribution in [2.45, 2.75) is 45.6 Å². The Bertz CT molecular complexity index is 335. The zero-order chi connectivity index (χ0) is 13.4. The predicted molar refractivity (Wildman–Crippen MR) is 75.9 cm³/mol. The first-order valence-corrected chi connectivity index (χ1v) is 6.94. The molecule has 0 saturated carbocycles. The van der Waals surface area contributed by atoms with Crippen LogP contribution in [0.5, 0.6) is 5.75 Å². The van der Waals surface area contributed by atoms with Crippen LogP contribution in [-0.2, 0) is 0 Å². The van der Waals surface area contributed by atoms with Crippen molar-refractivity contribution in [3.05, 3.63) is 24.0 Å². The molecule has 1 rings (SSSR count). The van der Waals surface area contributed by atoms with Gasteiger partial charge in [-0.25, -0.2) is 0 Å². The highest BCUT2D eigenvalue weighted by atomic mass is 16.5. The summed E-state index contributed by atoms with van der Waals surface area (Å²) >= 11 is 0. The first-order valence-electron chi connectivity index (χ1n) is 6.94. The fourth-order valence-corrected chi connectivity index (χ4v) is 2.62. The molecule has 18 heavy (non-hydrogen) atoms. The van der Waals surface area contributed by atoms with E-state index in [-0.39, 0.29) is 6.04 Å². The molecule has 1 heterocycles. The zero-order valence-electron chi connectivity index (χ0n) is 12.1. The Kier molecular flexibility index (Phi) is 6.73. The zero-order valence-corrected chi connectivity index (χ0v) is 12.1. The van der Waals surface area contributed by atoms with Crippen LogP contribution in [0.15, 0.2) is 18.3 Å². The van der Waals surface area contributed by atoms with E-state index in [9.17, 15) is 0 Å². The number of rotatable bonds is 8. The van der Waals surface area contributed by atoms with Gasteiger partial charge in [-0.15, -0.1) is 0 Å². The number of nitrogens with one attached hydrogen (secondary N) is 1. The summed E-state index contributed by atoms with van der Waals surface area (Å²) in [6, 6.07) is 4.19. The number of methoxy groups -OCH3 is 1. The molecule has 1 aromatic rings. The van der Waals surface area contributed by atoms with E-state index < -0.39 is 0 Å². The lowest BCUT2D eigenvalue weighted by molar-refractivity contribution is 0.311. The summed E-state index contributed by atoms with van der Waals surface area (Å²) in [6.45, 7) is 4.48. The van der Waals surface area contributed by atoms with Crippen molar-refractivity contribution in [1.82, 2.24) is 10.3 Å². The maximum absolute atomic E-state index is 5.43. The van der Waals surface area contributed by atoms with E-state index in [0.29, 0.717) is 5.92 Å². The van der Waals surface area contributed by atoms with Gasteiger partial charge in [-0.05, 0) is 37.9 Å². The second-order valence-corrected chi connectivity index (χ2v) is 4.69. The first-order chi connectivity index (χ1) is 8.78. The van der Waals surface area contributed by atoms with Crippen molar-refractivity contribution in [2.24, 2.45) is 5.92 Å². The van der Waals surface area contributed by atoms with E-state index in [1.165, 1.54) is 25.7 Å². The third-order valence-corrected chi connectivity index (χ3v) is 3.42. The van der Waals surface area contributed by atoms with E-state index in [1.807, 2.05) is 25.4 Å². The Balaban J connectivity index is 2.98. The molecule has 3 heteroatoms. The third kappa shape index (κ3) is 3.70. The Morgan fingerprint density at radius 1 is 1.28 bits per heavy atom. The van der Waals surface area contributed by atoms with E-state index in [4.69, 9.17) is 4.74 Å². The number of nitrogens with zero attached hydrogens (tertiary/aromatic N) is 1. The molecule has 0 aromatic carbocycles. The molecule has 0 radical (unpaired) electrons. The average molecular weight is 250 g/mol. The second kappa shape index (κ2) is 8.09. The van der Waals surface area contributed by atoms with E-state index in [2.05, 4.69) is 24.1 Å². The fraction of sp³-hybridized carbons (Fsp3) is 0.667. The van der Waals surface area contributed by atoms with Crippen LogP contribution in [0.3, 0.4) is 0 Å². The van der Waals surface area contributed by atoms with Crippen LogP contribution in [0.4, 0.5) is 0 Å². The van der Waals surface area contributed by atoms with Gasteiger partial charge in [0.2, 0.25) is 0 Å². The van der Waals surface area contributed by atoms with Crippen molar-refractivity contribution in [3.8, 4) is 5.75 Å². The maximum atomic E-state index is 5.43. The molecule has 0 aliphatic heterocycles. The molecule has 0 aliphatic carbocycles. The number of aromatic nitrogens is 1. The van der Waals surface area contributed by atoms with Gasteiger partial charge in [0.1, 0.15) is 5.75 Å². The minimum absolute atomic E-state index is 0.279. The van der Waals surface area contributed by atoms with Gasteiger partial charge in [0.05, 0.1) is 18.8 Å². The number of hydrogen-bond donors (Lipinski definition) is 1. The van der Waals surface area contributed by atoms with Crippen LogP contribution in [0.25, 0.3) is 0 Å². The SMILES string of the molecule is CCCC(CCC)C(NC)c1ncccc1OC. The van der Waals surface area contributed by atoms with Crippen LogP contribution >= 0.6 is 0 Å². The molecule has 0 fully saturated rings. The van der Waals surface area contributed by atoms with Gasteiger partial charge in [-0.1, -0.05) is 26.7 Å². The normalized spacial score (nSPS) is 12.7. The topological polar surface area (TPSA) is 34.2 Å². The second-order valence-electron chi connectivity index (χ2n) is 4.69. The molecule has 0 amide bonds. The molecule has 1 unspecified atom stereocenters. The summed E-state index contributed by atoms with van der Waals surface area (Å²) in [5, 5.41) is 3.42. The number of ether oxygens (including phenoxy) is 1. The van der Waals surface area contributed by atoms with Crippen molar-refractivity contribution in [1.29, 1.82) is 0 Å². The smallest absolute Gasteiger partial charge is 0.141 e. The van der Waals surface area contributed by atoms with Gasteiger partial charge in [0.15, 0.2) is 0 Å². The van der Waals surface area contributed by atoms with Crippen LogP contribution in [0.2, 0.25) is 0 Å². The highest BCUT2D eigenvalue weighted by Gasteiger charge is 2.24. The molecule has 102 valence electrons. The Labute approximate surface area is 111 Å². The minimum atomic E-state index is 0.279. The maximum Gasteiger partial charge on any atom is 0.141 e. The monoisotopic (exact) mass is 250 g/mol. The Hall–Kier alpha value is -1.09. The van der Waals surface area contributed by atoms with Crippen LogP contribution < -0.4 is 10.1 Å². The number of hydrogen-bond acceptors (Lipinski definition) is 3. The van der Waals surface area contributed by atoms with Gasteiger partial charge < -0.3 is 10.1 Å². The molecule has 0 bridgehead atoms. The van der Waals surface area contributed by atoms with Gasteiger partial charge in [0, 0.05) is 6.20 Å². The Morgan fingerprint density at radius 2 is 1.94 bits per heavy atom. The summed E-state index contributed by atoms with van der Waals surface area (Å²) in [5.41, 5.74) is 1.04. The molecule has 1 N–H and O–H groups in total. The van der Waals surface area contributed by atoms with Gasteiger partial charge in [-0.2, -0.15) is 0 Å². The van der Waals surface area contributed by atoms with E-state index in [0.717, 1.165) is 11.4 Å². The molecule has 0 saturated heterocycles. The molecule has 0 spiro atoms. The summed E-state index contributed by atoms with van der Waals surface area (Å²) in [6.07, 6.45) is 6.70. The van der Waals surface area contributed by atoms with Crippen LogP contribution in [0.1, 0.15) is 51.3 Å². The van der Waals surface area contributed by atoms with E-state index >= 15 is 0 Å². The molecule has 1 aromatic heterocycles. The highest BCUT2D eigenvalue weighted by Crippen LogP contribution is 2.32. The average Bonchev–Trinajstić information content (AvgIpc) is 2.40. The van der Waals surface area contributed by atoms with Crippen molar-refractivity contribution < 1.29 is 4.74 Å². The quantitative estimate of drug-likeness (QED) is 0.766. The molecule has 3 nitrogen and oxygen atoms in total. The highest BCUT2D eigenvalue weighted by molar-refractivity contribution is 5.29. The largest absolute Gasteiger partial charge is 0.495 e. The summed E-state index contributed by atoms with van der Waals surface area (Å²) in [7, 11) is 3.72. The fourth-order valence-electron chi connectivity index (χ4n) is 2.62. The third-order valence-electron chi connectivity index (χ3n) is 3.42. The summed E-state index contributed by atoms with van der Waals surface area (Å²) in [5.74, 6) is 1.50. The molecular weight excluding hydrogens is 224 g/mol. The number of pyridine rings is 1. The Morgan fingerprint density at radius 3 is 2.44 bits per heavy atom. The summed E-state index contributed by atoms with van der Waals surface area (Å²) in [4.78, 5) is 4.52. The van der Waals surface area contributed by atoms with Gasteiger partial charge >= 0.3 is 0 Å². The lowest BCUT2D eigenvalue weighted by Crippen LogP contribution is -2.26. The molecular formula is C15H26N2O. The lowest BCUT2D eigenvalue weighted by Gasteiger charge is -2.27. The summed E-state index contributed by atoms with van der Waals surface area (Å²) < 4.78 is 5.43. The molecule has 1 atom stereocenters. The first kappa shape index (κ1) is 15.0. The predicted octanol–water partition coefficient (Wildman–Crippen LogP) is 3.57. The standard InChI is InChI=1S/C15H26N2O/c1-5-8-12(9-6-2)14(16-3)15-13(18-4)10-7-11-17-15/h7,10-12,14,16H,5-6,8-9H2,1-4H3. The van der Waals surface area contributed by atoms with Crippen LogP contribution in [0, 0.1) is 5.92 Å². The van der Waals surface area contributed by atoms with Gasteiger partial charge in [0.25, 0.3) is 0 Å². The van der Waals surface area contributed by atoms with Crippen molar-refractivity contribution in [2.75, 3.05) is 14.2 Å². The van der Waals surface area contributed by atoms with Gasteiger partial charge in [-0.3, -0.25) is 4.98 Å². The van der Waals surface area contributed by atoms with Crippen LogP contribution in [-0.4, -0.2) is 19.1 Å². The van der Waals surface area contributed by atoms with E-state index in [1.54, 1.807) is 7.11 Å². The molecule has 0 aliphatic rings. The minimum Gasteiger partial charge on any atom is -0.495 e. The lowest BCUT2D eigenvalue weighted by atomic mass is 9.88. The van der Waals surface area contributed by atoms with Crippen molar-refractivity contribution in [3.63, 3.8) is 0 Å². The van der Waals surface area contributed by atoms with Crippen molar-refractivity contribution >= 4 is 0 Å².